The number of aliphatic carboxylic acids is 1. The summed E-state index contributed by atoms with van der Waals surface area (Å²) in [5.74, 6) is -2.43. The minimum Gasteiger partial charge on any atom is -0.481 e. The van der Waals surface area contributed by atoms with Gasteiger partial charge < -0.3 is 20.9 Å². The molecule has 0 unspecified atom stereocenters. The van der Waals surface area contributed by atoms with Crippen LogP contribution in [0.25, 0.3) is 0 Å². The number of nitrogens with two attached hydrogens (primary N) is 1. The van der Waals surface area contributed by atoms with Crippen molar-refractivity contribution in [1.82, 2.24) is 5.32 Å². The zero-order valence-corrected chi connectivity index (χ0v) is 9.93. The molecular weight excluding hydrogens is 228 g/mol. The highest BCUT2D eigenvalue weighted by atomic mass is 16.5. The molecule has 0 aliphatic carbocycles. The summed E-state index contributed by atoms with van der Waals surface area (Å²) in [7, 11) is 0. The molecule has 0 saturated heterocycles. The Morgan fingerprint density at radius 1 is 1.41 bits per heavy atom. The maximum Gasteiger partial charge on any atom is 0.328 e. The van der Waals surface area contributed by atoms with E-state index in [2.05, 4.69) is 5.32 Å². The summed E-state index contributed by atoms with van der Waals surface area (Å²) in [6.45, 7) is 3.57. The Hall–Kier alpha value is -1.63. The Kier molecular flexibility index (Phi) is 6.88. The lowest BCUT2D eigenvalue weighted by molar-refractivity contribution is -0.147. The molecule has 1 amide bonds. The largest absolute Gasteiger partial charge is 0.481 e. The highest BCUT2D eigenvalue weighted by Gasteiger charge is 2.22. The van der Waals surface area contributed by atoms with Gasteiger partial charge in [-0.1, -0.05) is 6.92 Å². The van der Waals surface area contributed by atoms with E-state index in [-0.39, 0.29) is 6.61 Å². The number of carboxylic acids is 1. The van der Waals surface area contributed by atoms with Crippen LogP contribution in [0.3, 0.4) is 0 Å². The number of carboxylic acid groups (broad SMARTS) is 1. The minimum absolute atomic E-state index is 0.278. The SMILES string of the molecule is CCCOC(=O)[C@H](C)NC(=O)[C@@H](N)CC(=O)O. The van der Waals surface area contributed by atoms with Gasteiger partial charge in [-0.25, -0.2) is 4.79 Å². The summed E-state index contributed by atoms with van der Waals surface area (Å²) in [6.07, 6.45) is 0.202. The molecule has 0 spiro atoms. The van der Waals surface area contributed by atoms with Crippen molar-refractivity contribution in [3.8, 4) is 0 Å². The van der Waals surface area contributed by atoms with E-state index in [0.29, 0.717) is 6.42 Å². The smallest absolute Gasteiger partial charge is 0.328 e. The molecule has 0 aliphatic rings. The van der Waals surface area contributed by atoms with E-state index in [4.69, 9.17) is 15.6 Å². The lowest BCUT2D eigenvalue weighted by Gasteiger charge is -2.15. The molecule has 7 heteroatoms. The van der Waals surface area contributed by atoms with Crippen molar-refractivity contribution < 1.29 is 24.2 Å². The van der Waals surface area contributed by atoms with E-state index in [1.807, 2.05) is 6.92 Å². The molecule has 0 rings (SSSR count). The first-order valence-electron chi connectivity index (χ1n) is 5.32. The molecule has 98 valence electrons. The molecule has 2 atom stereocenters. The van der Waals surface area contributed by atoms with Gasteiger partial charge in [0.15, 0.2) is 0 Å². The highest BCUT2D eigenvalue weighted by molar-refractivity contribution is 5.89. The lowest BCUT2D eigenvalue weighted by atomic mass is 10.2. The van der Waals surface area contributed by atoms with E-state index in [0.717, 1.165) is 0 Å². The zero-order valence-electron chi connectivity index (χ0n) is 9.93. The Labute approximate surface area is 99.3 Å². The summed E-state index contributed by atoms with van der Waals surface area (Å²) in [4.78, 5) is 33.0. The molecule has 4 N–H and O–H groups in total. The third-order valence-corrected chi connectivity index (χ3v) is 1.89. The third-order valence-electron chi connectivity index (χ3n) is 1.89. The van der Waals surface area contributed by atoms with Gasteiger partial charge in [0.05, 0.1) is 19.1 Å². The van der Waals surface area contributed by atoms with Crippen LogP contribution in [-0.2, 0) is 19.1 Å². The predicted octanol–water partition coefficient (Wildman–Crippen LogP) is -0.754. The quantitative estimate of drug-likeness (QED) is 0.508. The normalized spacial score (nSPS) is 13.6. The first kappa shape index (κ1) is 15.4. The third kappa shape index (κ3) is 6.52. The van der Waals surface area contributed by atoms with Crippen LogP contribution in [0.5, 0.6) is 0 Å². The summed E-state index contributed by atoms with van der Waals surface area (Å²) in [5, 5.41) is 10.7. The molecule has 0 bridgehead atoms. The number of ether oxygens (including phenoxy) is 1. The molecule has 0 saturated carbocycles. The fourth-order valence-corrected chi connectivity index (χ4v) is 0.988. The van der Waals surface area contributed by atoms with Crippen molar-refractivity contribution in [2.24, 2.45) is 5.73 Å². The van der Waals surface area contributed by atoms with Crippen LogP contribution in [0.15, 0.2) is 0 Å². The van der Waals surface area contributed by atoms with Crippen LogP contribution >= 0.6 is 0 Å². The first-order chi connectivity index (χ1) is 7.88. The molecule has 0 radical (unpaired) electrons. The van der Waals surface area contributed by atoms with Crippen LogP contribution in [0.2, 0.25) is 0 Å². The van der Waals surface area contributed by atoms with Crippen molar-refractivity contribution in [3.05, 3.63) is 0 Å². The van der Waals surface area contributed by atoms with Gasteiger partial charge in [-0.3, -0.25) is 9.59 Å². The number of hydrogen-bond donors (Lipinski definition) is 3. The van der Waals surface area contributed by atoms with Crippen molar-refractivity contribution in [2.45, 2.75) is 38.8 Å². The fourth-order valence-electron chi connectivity index (χ4n) is 0.988. The molecule has 0 aromatic carbocycles. The number of esters is 1. The summed E-state index contributed by atoms with van der Waals surface area (Å²) in [6, 6.07) is -2.01. The van der Waals surface area contributed by atoms with Gasteiger partial charge in [-0.2, -0.15) is 0 Å². The van der Waals surface area contributed by atoms with Gasteiger partial charge in [0, 0.05) is 0 Å². The number of nitrogens with one attached hydrogen (secondary N) is 1. The Morgan fingerprint density at radius 2 is 2.00 bits per heavy atom. The summed E-state index contributed by atoms with van der Waals surface area (Å²) < 4.78 is 4.80. The number of hydrogen-bond acceptors (Lipinski definition) is 5. The van der Waals surface area contributed by atoms with Crippen molar-refractivity contribution in [3.63, 3.8) is 0 Å². The number of carbonyl (C=O) groups is 3. The van der Waals surface area contributed by atoms with Gasteiger partial charge in [0.25, 0.3) is 0 Å². The summed E-state index contributed by atoms with van der Waals surface area (Å²) in [5.41, 5.74) is 5.32. The topological polar surface area (TPSA) is 119 Å². The maximum absolute atomic E-state index is 11.4. The van der Waals surface area contributed by atoms with E-state index in [1.54, 1.807) is 0 Å². The average Bonchev–Trinajstić information content (AvgIpc) is 2.24. The van der Waals surface area contributed by atoms with E-state index < -0.39 is 36.4 Å². The predicted molar refractivity (Wildman–Crippen MR) is 59.1 cm³/mol. The first-order valence-corrected chi connectivity index (χ1v) is 5.32. The second kappa shape index (κ2) is 7.61. The second-order valence-electron chi connectivity index (χ2n) is 3.60. The maximum atomic E-state index is 11.4. The van der Waals surface area contributed by atoms with Crippen molar-refractivity contribution in [2.75, 3.05) is 6.61 Å². The van der Waals surface area contributed by atoms with Crippen LogP contribution in [0.1, 0.15) is 26.7 Å². The molecule has 7 nitrogen and oxygen atoms in total. The Bertz CT molecular complexity index is 292. The van der Waals surface area contributed by atoms with Crippen molar-refractivity contribution >= 4 is 17.8 Å². The van der Waals surface area contributed by atoms with Crippen LogP contribution in [0, 0.1) is 0 Å². The summed E-state index contributed by atoms with van der Waals surface area (Å²) >= 11 is 0. The standard InChI is InChI=1S/C10H18N2O5/c1-3-4-17-10(16)6(2)12-9(15)7(11)5-8(13)14/h6-7H,3-5,11H2,1-2H3,(H,12,15)(H,13,14)/t6-,7-/m0/s1. The molecule has 0 heterocycles. The van der Waals surface area contributed by atoms with Gasteiger partial charge >= 0.3 is 11.9 Å². The number of carbonyl (C=O) groups excluding carboxylic acids is 2. The monoisotopic (exact) mass is 246 g/mol. The zero-order chi connectivity index (χ0) is 13.4. The van der Waals surface area contributed by atoms with E-state index in [9.17, 15) is 14.4 Å². The Balaban J connectivity index is 4.10. The van der Waals surface area contributed by atoms with Crippen LogP contribution in [0.4, 0.5) is 0 Å². The van der Waals surface area contributed by atoms with Crippen LogP contribution < -0.4 is 11.1 Å². The molecule has 0 aromatic rings. The number of amides is 1. The number of rotatable bonds is 7. The fraction of sp³-hybridized carbons (Fsp3) is 0.700. The van der Waals surface area contributed by atoms with Gasteiger partial charge in [-0.15, -0.1) is 0 Å². The lowest BCUT2D eigenvalue weighted by Crippen LogP contribution is -2.48. The minimum atomic E-state index is -1.17. The average molecular weight is 246 g/mol. The Morgan fingerprint density at radius 3 is 2.47 bits per heavy atom. The molecular formula is C10H18N2O5. The van der Waals surface area contributed by atoms with Crippen molar-refractivity contribution in [1.29, 1.82) is 0 Å². The molecule has 0 aromatic heterocycles. The molecule has 0 fully saturated rings. The van der Waals surface area contributed by atoms with Gasteiger partial charge in [-0.05, 0) is 13.3 Å². The van der Waals surface area contributed by atoms with E-state index in [1.165, 1.54) is 6.92 Å². The molecule has 17 heavy (non-hydrogen) atoms. The van der Waals surface area contributed by atoms with E-state index >= 15 is 0 Å². The molecule has 0 aliphatic heterocycles. The van der Waals surface area contributed by atoms with Crippen LogP contribution in [-0.4, -0.2) is 41.6 Å². The van der Waals surface area contributed by atoms with Gasteiger partial charge in [0.2, 0.25) is 5.91 Å². The highest BCUT2D eigenvalue weighted by Crippen LogP contribution is 1.93. The second-order valence-corrected chi connectivity index (χ2v) is 3.60. The van der Waals surface area contributed by atoms with Gasteiger partial charge in [0.1, 0.15) is 6.04 Å².